The second-order valence-corrected chi connectivity index (χ2v) is 3.75. The maximum atomic E-state index is 9.00. The molecule has 1 heterocycles. The van der Waals surface area contributed by atoms with Crippen molar-refractivity contribution in [2.75, 3.05) is 26.2 Å². The van der Waals surface area contributed by atoms with E-state index < -0.39 is 0 Å². The first-order valence-corrected chi connectivity index (χ1v) is 5.07. The minimum absolute atomic E-state index is 0.314. The minimum atomic E-state index is 0.314. The summed E-state index contributed by atoms with van der Waals surface area (Å²) in [4.78, 5) is 2.36. The van der Waals surface area contributed by atoms with Crippen LogP contribution in [0.25, 0.3) is 0 Å². The molecular weight excluding hydrogens is 164 g/mol. The number of hydrogen-bond donors (Lipinski definition) is 1. The van der Waals surface area contributed by atoms with Gasteiger partial charge in [0.15, 0.2) is 0 Å². The fourth-order valence-corrected chi connectivity index (χ4v) is 1.89. The molecule has 1 aliphatic heterocycles. The Hall–Kier alpha value is -0.590. The van der Waals surface area contributed by atoms with Gasteiger partial charge >= 0.3 is 0 Å². The lowest BCUT2D eigenvalue weighted by atomic mass is 9.99. The summed E-state index contributed by atoms with van der Waals surface area (Å²) in [7, 11) is 0. The van der Waals surface area contributed by atoms with Crippen molar-refractivity contribution in [2.24, 2.45) is 5.92 Å². The lowest BCUT2D eigenvalue weighted by Crippen LogP contribution is -2.37. The molecule has 3 heteroatoms. The van der Waals surface area contributed by atoms with Gasteiger partial charge in [0.05, 0.1) is 6.07 Å². The topological polar surface area (TPSA) is 47.3 Å². The van der Waals surface area contributed by atoms with Crippen LogP contribution >= 0.6 is 0 Å². The van der Waals surface area contributed by atoms with E-state index in [2.05, 4.69) is 11.0 Å². The Morgan fingerprint density at radius 3 is 3.08 bits per heavy atom. The van der Waals surface area contributed by atoms with Gasteiger partial charge in [-0.05, 0) is 38.3 Å². The number of unbranched alkanes of at least 4 members (excludes halogenated alkanes) is 1. The predicted octanol–water partition coefficient (Wildman–Crippen LogP) is 0.994. The van der Waals surface area contributed by atoms with Gasteiger partial charge in [-0.15, -0.1) is 0 Å². The highest BCUT2D eigenvalue weighted by atomic mass is 16.3. The van der Waals surface area contributed by atoms with Crippen LogP contribution in [0.1, 0.15) is 25.7 Å². The standard InChI is InChI=1S/C10H18N2O/c11-5-1-2-6-12-7-3-4-10(8-12)9-13/h10,13H,1-4,6-9H2. The molecule has 1 atom stereocenters. The van der Waals surface area contributed by atoms with E-state index in [9.17, 15) is 0 Å². The van der Waals surface area contributed by atoms with Crippen LogP contribution < -0.4 is 0 Å². The van der Waals surface area contributed by atoms with Crippen LogP contribution in [0, 0.1) is 17.2 Å². The van der Waals surface area contributed by atoms with Crippen LogP contribution in [0.4, 0.5) is 0 Å². The van der Waals surface area contributed by atoms with Crippen molar-refractivity contribution < 1.29 is 5.11 Å². The zero-order valence-electron chi connectivity index (χ0n) is 8.08. The monoisotopic (exact) mass is 182 g/mol. The van der Waals surface area contributed by atoms with E-state index >= 15 is 0 Å². The zero-order chi connectivity index (χ0) is 9.52. The van der Waals surface area contributed by atoms with Crippen molar-refractivity contribution in [1.29, 1.82) is 5.26 Å². The number of nitrogens with zero attached hydrogens (tertiary/aromatic N) is 2. The molecule has 0 amide bonds. The van der Waals surface area contributed by atoms with Gasteiger partial charge in [0.25, 0.3) is 0 Å². The molecule has 1 N–H and O–H groups in total. The molecule has 0 aromatic carbocycles. The number of likely N-dealkylation sites (tertiary alicyclic amines) is 1. The Morgan fingerprint density at radius 1 is 1.54 bits per heavy atom. The Labute approximate surface area is 80.0 Å². The van der Waals surface area contributed by atoms with Gasteiger partial charge in [-0.25, -0.2) is 0 Å². The quantitative estimate of drug-likeness (QED) is 0.660. The van der Waals surface area contributed by atoms with Crippen molar-refractivity contribution in [3.05, 3.63) is 0 Å². The molecule has 0 aromatic heterocycles. The molecule has 74 valence electrons. The molecule has 1 aliphatic rings. The van der Waals surface area contributed by atoms with E-state index in [0.717, 1.165) is 32.5 Å². The van der Waals surface area contributed by atoms with E-state index in [1.54, 1.807) is 0 Å². The van der Waals surface area contributed by atoms with Crippen molar-refractivity contribution in [1.82, 2.24) is 4.90 Å². The zero-order valence-corrected chi connectivity index (χ0v) is 8.08. The lowest BCUT2D eigenvalue weighted by molar-refractivity contribution is 0.120. The highest BCUT2D eigenvalue weighted by Crippen LogP contribution is 2.15. The van der Waals surface area contributed by atoms with Crippen molar-refractivity contribution >= 4 is 0 Å². The van der Waals surface area contributed by atoms with Crippen LogP contribution in [0.3, 0.4) is 0 Å². The van der Waals surface area contributed by atoms with Crippen LogP contribution in [0.2, 0.25) is 0 Å². The molecule has 1 saturated heterocycles. The normalized spacial score (nSPS) is 24.2. The van der Waals surface area contributed by atoms with Crippen molar-refractivity contribution in [3.8, 4) is 6.07 Å². The van der Waals surface area contributed by atoms with Crippen LogP contribution in [0.5, 0.6) is 0 Å². The summed E-state index contributed by atoms with van der Waals surface area (Å²) in [5, 5.41) is 17.4. The largest absolute Gasteiger partial charge is 0.396 e. The summed E-state index contributed by atoms with van der Waals surface area (Å²) in [6.45, 7) is 3.49. The Balaban J connectivity index is 2.15. The number of aliphatic hydroxyl groups excluding tert-OH is 1. The first-order valence-electron chi connectivity index (χ1n) is 5.07. The number of nitriles is 1. The molecule has 0 aliphatic carbocycles. The number of aliphatic hydroxyl groups is 1. The first kappa shape index (κ1) is 10.5. The fourth-order valence-electron chi connectivity index (χ4n) is 1.89. The van der Waals surface area contributed by atoms with E-state index in [0.29, 0.717) is 18.9 Å². The maximum absolute atomic E-state index is 9.00. The van der Waals surface area contributed by atoms with E-state index in [1.165, 1.54) is 6.42 Å². The average molecular weight is 182 g/mol. The SMILES string of the molecule is N#CCCCN1CCCC(CO)C1. The number of piperidine rings is 1. The Bertz CT molecular complexity index is 176. The highest BCUT2D eigenvalue weighted by Gasteiger charge is 2.18. The molecule has 1 fully saturated rings. The van der Waals surface area contributed by atoms with E-state index in [1.807, 2.05) is 0 Å². The molecule has 0 saturated carbocycles. The fraction of sp³-hybridized carbons (Fsp3) is 0.900. The molecule has 3 nitrogen and oxygen atoms in total. The van der Waals surface area contributed by atoms with Gasteiger partial charge in [-0.1, -0.05) is 0 Å². The third kappa shape index (κ3) is 3.75. The van der Waals surface area contributed by atoms with Gasteiger partial charge in [0, 0.05) is 19.6 Å². The molecule has 0 spiro atoms. The van der Waals surface area contributed by atoms with Crippen LogP contribution in [-0.2, 0) is 0 Å². The third-order valence-corrected chi connectivity index (χ3v) is 2.62. The summed E-state index contributed by atoms with van der Waals surface area (Å²) in [6.07, 6.45) is 3.97. The Morgan fingerprint density at radius 2 is 2.38 bits per heavy atom. The number of rotatable bonds is 4. The van der Waals surface area contributed by atoms with E-state index in [4.69, 9.17) is 10.4 Å². The van der Waals surface area contributed by atoms with Gasteiger partial charge in [0.1, 0.15) is 0 Å². The molecule has 0 bridgehead atoms. The molecule has 0 radical (unpaired) electrons. The molecule has 13 heavy (non-hydrogen) atoms. The summed E-state index contributed by atoms with van der Waals surface area (Å²) < 4.78 is 0. The molecule has 0 aromatic rings. The first-order chi connectivity index (χ1) is 6.36. The smallest absolute Gasteiger partial charge is 0.0622 e. The second kappa shape index (κ2) is 5.95. The minimum Gasteiger partial charge on any atom is -0.396 e. The summed E-state index contributed by atoms with van der Waals surface area (Å²) in [5.41, 5.74) is 0. The summed E-state index contributed by atoms with van der Waals surface area (Å²) in [5.74, 6) is 0.468. The van der Waals surface area contributed by atoms with Crippen molar-refractivity contribution in [3.63, 3.8) is 0 Å². The van der Waals surface area contributed by atoms with Crippen LogP contribution in [0.15, 0.2) is 0 Å². The predicted molar refractivity (Wildman–Crippen MR) is 51.1 cm³/mol. The second-order valence-electron chi connectivity index (χ2n) is 3.75. The molecular formula is C10H18N2O. The molecule has 1 unspecified atom stereocenters. The average Bonchev–Trinajstić information content (AvgIpc) is 2.19. The highest BCUT2D eigenvalue weighted by molar-refractivity contribution is 4.74. The number of hydrogen-bond acceptors (Lipinski definition) is 3. The summed E-state index contributed by atoms with van der Waals surface area (Å²) >= 11 is 0. The third-order valence-electron chi connectivity index (χ3n) is 2.62. The van der Waals surface area contributed by atoms with Gasteiger partial charge in [-0.3, -0.25) is 0 Å². The van der Waals surface area contributed by atoms with Crippen LogP contribution in [-0.4, -0.2) is 36.2 Å². The maximum Gasteiger partial charge on any atom is 0.0622 e. The lowest BCUT2D eigenvalue weighted by Gasteiger charge is -2.31. The van der Waals surface area contributed by atoms with E-state index in [-0.39, 0.29) is 0 Å². The summed E-state index contributed by atoms with van der Waals surface area (Å²) in [6, 6.07) is 2.16. The van der Waals surface area contributed by atoms with Crippen molar-refractivity contribution in [2.45, 2.75) is 25.7 Å². The van der Waals surface area contributed by atoms with Gasteiger partial charge < -0.3 is 10.0 Å². The molecule has 1 rings (SSSR count). The Kier molecular flexibility index (Phi) is 4.81. The van der Waals surface area contributed by atoms with Gasteiger partial charge in [0.2, 0.25) is 0 Å². The van der Waals surface area contributed by atoms with Gasteiger partial charge in [-0.2, -0.15) is 5.26 Å².